The summed E-state index contributed by atoms with van der Waals surface area (Å²) in [6, 6.07) is 24.3. The van der Waals surface area contributed by atoms with E-state index in [2.05, 4.69) is 74.5 Å². The molecular weight excluding hydrogens is 368 g/mol. The second kappa shape index (κ2) is 5.13. The molecule has 2 heteroatoms. The first-order chi connectivity index (χ1) is 13.0. The van der Waals surface area contributed by atoms with Crippen LogP contribution < -0.4 is 0 Å². The van der Waals surface area contributed by atoms with E-state index < -0.39 is 0 Å². The van der Waals surface area contributed by atoms with Crippen LogP contribution in [0.4, 0.5) is 0 Å². The van der Waals surface area contributed by atoms with Gasteiger partial charge in [0, 0.05) is 30.6 Å². The van der Waals surface area contributed by atoms with Crippen LogP contribution in [0.1, 0.15) is 25.0 Å². The fourth-order valence-electron chi connectivity index (χ4n) is 4.76. The molecule has 0 saturated heterocycles. The predicted molar refractivity (Wildman–Crippen MR) is 119 cm³/mol. The van der Waals surface area contributed by atoms with Crippen LogP contribution in [0.5, 0.6) is 0 Å². The Morgan fingerprint density at radius 1 is 0.741 bits per heavy atom. The van der Waals surface area contributed by atoms with E-state index >= 15 is 0 Å². The van der Waals surface area contributed by atoms with Gasteiger partial charge in [0.1, 0.15) is 0 Å². The molecule has 0 saturated carbocycles. The zero-order chi connectivity index (χ0) is 18.3. The fraction of sp³-hybridized carbons (Fsp3) is 0.120. The number of fused-ring (bicyclic) bond motifs is 8. The normalized spacial score (nSPS) is 14.8. The summed E-state index contributed by atoms with van der Waals surface area (Å²) in [6.07, 6.45) is 0. The molecule has 0 spiro atoms. The minimum absolute atomic E-state index is 0.00167. The lowest BCUT2D eigenvalue weighted by Crippen LogP contribution is -2.14. The lowest BCUT2D eigenvalue weighted by molar-refractivity contribution is 0.661. The number of benzene rings is 4. The van der Waals surface area contributed by atoms with Gasteiger partial charge in [-0.25, -0.2) is 0 Å². The predicted octanol–water partition coefficient (Wildman–Crippen LogP) is 8.17. The first-order valence-corrected chi connectivity index (χ1v) is 10.4. The largest absolute Gasteiger partial charge is 0.135 e. The number of hydrogen-bond acceptors (Lipinski definition) is 1. The maximum Gasteiger partial charge on any atom is 0.0412 e. The van der Waals surface area contributed by atoms with Crippen molar-refractivity contribution in [3.8, 4) is 11.1 Å². The summed E-state index contributed by atoms with van der Waals surface area (Å²) >= 11 is 8.25. The van der Waals surface area contributed by atoms with E-state index in [-0.39, 0.29) is 5.41 Å². The van der Waals surface area contributed by atoms with E-state index in [0.29, 0.717) is 0 Å². The average molecular weight is 385 g/mol. The summed E-state index contributed by atoms with van der Waals surface area (Å²) in [5.74, 6) is 0. The van der Waals surface area contributed by atoms with Gasteiger partial charge in [-0.15, -0.1) is 11.3 Å². The summed E-state index contributed by atoms with van der Waals surface area (Å²) in [5.41, 5.74) is 5.39. The number of rotatable bonds is 0. The van der Waals surface area contributed by atoms with Crippen molar-refractivity contribution < 1.29 is 0 Å². The fourth-order valence-corrected chi connectivity index (χ4v) is 6.08. The van der Waals surface area contributed by atoms with Crippen LogP contribution in [0.15, 0.2) is 66.7 Å². The van der Waals surface area contributed by atoms with E-state index in [4.69, 9.17) is 11.6 Å². The molecule has 0 aliphatic heterocycles. The quantitative estimate of drug-likeness (QED) is 0.252. The topological polar surface area (TPSA) is 0 Å². The highest BCUT2D eigenvalue weighted by atomic mass is 35.5. The SMILES string of the molecule is CC1(C)c2ccc(Cl)cc2-c2cc3c(cc21)sc1ccc2ccccc2c13. The molecule has 0 fully saturated rings. The number of thiophene rings is 1. The zero-order valence-electron chi connectivity index (χ0n) is 15.1. The molecule has 1 aliphatic carbocycles. The van der Waals surface area contributed by atoms with Crippen molar-refractivity contribution in [1.29, 1.82) is 0 Å². The third kappa shape index (κ3) is 1.99. The van der Waals surface area contributed by atoms with E-state index in [1.807, 2.05) is 17.4 Å². The molecule has 5 aromatic rings. The van der Waals surface area contributed by atoms with Crippen LogP contribution in [-0.4, -0.2) is 0 Å². The first-order valence-electron chi connectivity index (χ1n) is 9.23. The summed E-state index contributed by atoms with van der Waals surface area (Å²) in [5, 5.41) is 6.18. The zero-order valence-corrected chi connectivity index (χ0v) is 16.7. The van der Waals surface area contributed by atoms with Gasteiger partial charge >= 0.3 is 0 Å². The average Bonchev–Trinajstić information content (AvgIpc) is 3.13. The molecular formula is C25H17ClS. The van der Waals surface area contributed by atoms with Crippen LogP contribution >= 0.6 is 22.9 Å². The Morgan fingerprint density at radius 3 is 2.44 bits per heavy atom. The minimum Gasteiger partial charge on any atom is -0.135 e. The second-order valence-corrected chi connectivity index (χ2v) is 9.49. The molecule has 1 aliphatic rings. The summed E-state index contributed by atoms with van der Waals surface area (Å²) in [6.45, 7) is 4.64. The lowest BCUT2D eigenvalue weighted by Gasteiger charge is -2.21. The van der Waals surface area contributed by atoms with E-state index in [9.17, 15) is 0 Å². The Bertz CT molecular complexity index is 1400. The Kier molecular flexibility index (Phi) is 2.98. The first kappa shape index (κ1) is 15.7. The van der Waals surface area contributed by atoms with Gasteiger partial charge < -0.3 is 0 Å². The number of hydrogen-bond donors (Lipinski definition) is 0. The maximum absolute atomic E-state index is 6.36. The van der Waals surface area contributed by atoms with Crippen molar-refractivity contribution in [2.75, 3.05) is 0 Å². The maximum atomic E-state index is 6.36. The molecule has 0 unspecified atom stereocenters. The minimum atomic E-state index is 0.00167. The van der Waals surface area contributed by atoms with Crippen molar-refractivity contribution in [2.45, 2.75) is 19.3 Å². The highest BCUT2D eigenvalue weighted by molar-refractivity contribution is 7.26. The van der Waals surface area contributed by atoms with Gasteiger partial charge in [-0.05, 0) is 63.4 Å². The molecule has 0 radical (unpaired) electrons. The molecule has 0 atom stereocenters. The van der Waals surface area contributed by atoms with Crippen LogP contribution in [0.3, 0.4) is 0 Å². The van der Waals surface area contributed by atoms with Gasteiger partial charge in [0.25, 0.3) is 0 Å². The molecule has 0 amide bonds. The molecule has 6 rings (SSSR count). The molecule has 130 valence electrons. The monoisotopic (exact) mass is 384 g/mol. The summed E-state index contributed by atoms with van der Waals surface area (Å²) < 4.78 is 2.73. The van der Waals surface area contributed by atoms with Crippen LogP contribution in [0.2, 0.25) is 5.02 Å². The second-order valence-electron chi connectivity index (χ2n) is 7.97. The highest BCUT2D eigenvalue weighted by Crippen LogP contribution is 2.52. The Labute approximate surface area is 167 Å². The third-order valence-corrected chi connectivity index (χ3v) is 7.47. The molecule has 1 aromatic heterocycles. The molecule has 0 bridgehead atoms. The van der Waals surface area contributed by atoms with E-state index in [1.54, 1.807) is 0 Å². The van der Waals surface area contributed by atoms with Crippen LogP contribution in [0, 0.1) is 0 Å². The van der Waals surface area contributed by atoms with Crippen molar-refractivity contribution in [1.82, 2.24) is 0 Å². The Balaban J connectivity index is 1.80. The standard InChI is InChI=1S/C25H17ClS/c1-25(2)20-9-8-15(26)11-17(20)18-12-19-23(13-21(18)25)27-22-10-7-14-5-3-4-6-16(14)24(19)22/h3-13H,1-2H3. The van der Waals surface area contributed by atoms with Crippen molar-refractivity contribution >= 4 is 53.9 Å². The molecule has 0 N–H and O–H groups in total. The van der Waals surface area contributed by atoms with Gasteiger partial charge in [-0.3, -0.25) is 0 Å². The van der Waals surface area contributed by atoms with Gasteiger partial charge in [-0.2, -0.15) is 0 Å². The molecule has 1 heterocycles. The van der Waals surface area contributed by atoms with Gasteiger partial charge in [0.05, 0.1) is 0 Å². The Morgan fingerprint density at radius 2 is 1.56 bits per heavy atom. The smallest absolute Gasteiger partial charge is 0.0412 e. The van der Waals surface area contributed by atoms with Gasteiger partial charge in [-0.1, -0.05) is 61.8 Å². The molecule has 0 nitrogen and oxygen atoms in total. The third-order valence-electron chi connectivity index (χ3n) is 6.12. The van der Waals surface area contributed by atoms with Crippen molar-refractivity contribution in [3.63, 3.8) is 0 Å². The molecule has 4 aromatic carbocycles. The number of halogens is 1. The highest BCUT2D eigenvalue weighted by Gasteiger charge is 2.36. The van der Waals surface area contributed by atoms with Crippen molar-refractivity contribution in [3.05, 3.63) is 82.9 Å². The summed E-state index contributed by atoms with van der Waals surface area (Å²) in [4.78, 5) is 0. The van der Waals surface area contributed by atoms with Crippen LogP contribution in [-0.2, 0) is 5.41 Å². The van der Waals surface area contributed by atoms with Gasteiger partial charge in [0.15, 0.2) is 0 Å². The van der Waals surface area contributed by atoms with Crippen LogP contribution in [0.25, 0.3) is 42.1 Å². The lowest BCUT2D eigenvalue weighted by atomic mass is 9.82. The van der Waals surface area contributed by atoms with Crippen molar-refractivity contribution in [2.24, 2.45) is 0 Å². The Hall–Kier alpha value is -2.35. The van der Waals surface area contributed by atoms with Gasteiger partial charge in [0.2, 0.25) is 0 Å². The summed E-state index contributed by atoms with van der Waals surface area (Å²) in [7, 11) is 0. The molecule has 27 heavy (non-hydrogen) atoms. The van der Waals surface area contributed by atoms with E-state index in [1.165, 1.54) is 53.2 Å². The van der Waals surface area contributed by atoms with E-state index in [0.717, 1.165) is 5.02 Å².